The summed E-state index contributed by atoms with van der Waals surface area (Å²) in [5.74, 6) is 1.22. The molecule has 2 nitrogen and oxygen atoms in total. The molecule has 0 unspecified atom stereocenters. The van der Waals surface area contributed by atoms with E-state index in [1.54, 1.807) is 11.8 Å². The highest BCUT2D eigenvalue weighted by molar-refractivity contribution is 8.00. The highest BCUT2D eigenvalue weighted by atomic mass is 35.5. The Bertz CT molecular complexity index is 421. The molecule has 1 aliphatic carbocycles. The normalized spacial score (nSPS) is 23.1. The van der Waals surface area contributed by atoms with Crippen molar-refractivity contribution in [1.82, 2.24) is 5.32 Å². The molecule has 1 amide bonds. The average molecular weight is 298 g/mol. The molecule has 19 heavy (non-hydrogen) atoms. The first-order valence-corrected chi connectivity index (χ1v) is 8.19. The van der Waals surface area contributed by atoms with Crippen molar-refractivity contribution in [3.8, 4) is 0 Å². The van der Waals surface area contributed by atoms with Crippen LogP contribution in [0.25, 0.3) is 0 Å². The number of hydrogen-bond donors (Lipinski definition) is 1. The van der Waals surface area contributed by atoms with Crippen molar-refractivity contribution in [2.75, 3.05) is 5.75 Å². The fourth-order valence-electron chi connectivity index (χ4n) is 2.46. The number of nitrogens with one attached hydrogen (secondary N) is 1. The predicted molar refractivity (Wildman–Crippen MR) is 81.7 cm³/mol. The number of benzene rings is 1. The fourth-order valence-corrected chi connectivity index (χ4v) is 3.29. The van der Waals surface area contributed by atoms with Crippen LogP contribution < -0.4 is 5.32 Å². The van der Waals surface area contributed by atoms with Gasteiger partial charge in [0.15, 0.2) is 0 Å². The van der Waals surface area contributed by atoms with Gasteiger partial charge in [-0.3, -0.25) is 4.79 Å². The fraction of sp³-hybridized carbons (Fsp3) is 0.533. The van der Waals surface area contributed by atoms with Crippen LogP contribution in [0.1, 0.15) is 32.6 Å². The summed E-state index contributed by atoms with van der Waals surface area (Å²) >= 11 is 7.39. The third-order valence-corrected chi connectivity index (χ3v) is 4.91. The Labute approximate surface area is 124 Å². The van der Waals surface area contributed by atoms with E-state index in [-0.39, 0.29) is 5.91 Å². The summed E-state index contributed by atoms with van der Waals surface area (Å²) in [6.45, 7) is 2.23. The van der Waals surface area contributed by atoms with E-state index in [0.29, 0.717) is 17.7 Å². The monoisotopic (exact) mass is 297 g/mol. The third kappa shape index (κ3) is 4.73. The van der Waals surface area contributed by atoms with Crippen LogP contribution in [0.5, 0.6) is 0 Å². The second-order valence-electron chi connectivity index (χ2n) is 5.18. The van der Waals surface area contributed by atoms with Crippen LogP contribution in [0.3, 0.4) is 0 Å². The van der Waals surface area contributed by atoms with Crippen molar-refractivity contribution in [2.24, 2.45) is 5.92 Å². The quantitative estimate of drug-likeness (QED) is 0.847. The zero-order chi connectivity index (χ0) is 13.7. The summed E-state index contributed by atoms with van der Waals surface area (Å²) in [4.78, 5) is 13.0. The topological polar surface area (TPSA) is 29.1 Å². The highest BCUT2D eigenvalue weighted by Gasteiger charge is 2.22. The van der Waals surface area contributed by atoms with Crippen LogP contribution in [0.2, 0.25) is 5.02 Å². The molecule has 0 bridgehead atoms. The molecule has 1 N–H and O–H groups in total. The SMILES string of the molecule is C[C@@H]1CCCC[C@H]1NC(=O)CSc1ccc(Cl)cc1. The van der Waals surface area contributed by atoms with Gasteiger partial charge in [0.2, 0.25) is 5.91 Å². The van der Waals surface area contributed by atoms with Crippen LogP contribution in [0.15, 0.2) is 29.2 Å². The highest BCUT2D eigenvalue weighted by Crippen LogP contribution is 2.24. The van der Waals surface area contributed by atoms with Crippen molar-refractivity contribution in [3.63, 3.8) is 0 Å². The Morgan fingerprint density at radius 2 is 2.00 bits per heavy atom. The predicted octanol–water partition coefficient (Wildman–Crippen LogP) is 4.13. The van der Waals surface area contributed by atoms with E-state index in [1.807, 2.05) is 24.3 Å². The molecule has 0 aromatic heterocycles. The first-order valence-electron chi connectivity index (χ1n) is 6.83. The van der Waals surface area contributed by atoms with E-state index in [2.05, 4.69) is 12.2 Å². The van der Waals surface area contributed by atoms with E-state index in [0.717, 1.165) is 16.3 Å². The Morgan fingerprint density at radius 1 is 1.32 bits per heavy atom. The van der Waals surface area contributed by atoms with Gasteiger partial charge >= 0.3 is 0 Å². The summed E-state index contributed by atoms with van der Waals surface area (Å²) in [6.07, 6.45) is 4.89. The number of thioether (sulfide) groups is 1. The van der Waals surface area contributed by atoms with Crippen LogP contribution in [0, 0.1) is 5.92 Å². The molecule has 0 spiro atoms. The number of carbonyl (C=O) groups excluding carboxylic acids is 1. The number of amides is 1. The molecule has 2 rings (SSSR count). The van der Waals surface area contributed by atoms with Gasteiger partial charge < -0.3 is 5.32 Å². The summed E-state index contributed by atoms with van der Waals surface area (Å²) in [5, 5.41) is 3.89. The van der Waals surface area contributed by atoms with Crippen molar-refractivity contribution in [3.05, 3.63) is 29.3 Å². The van der Waals surface area contributed by atoms with Crippen LogP contribution in [0.4, 0.5) is 0 Å². The largest absolute Gasteiger partial charge is 0.352 e. The number of halogens is 1. The summed E-state index contributed by atoms with van der Waals surface area (Å²) < 4.78 is 0. The average Bonchev–Trinajstić information content (AvgIpc) is 2.41. The summed E-state index contributed by atoms with van der Waals surface area (Å²) in [6, 6.07) is 7.97. The van der Waals surface area contributed by atoms with Crippen LogP contribution in [-0.4, -0.2) is 17.7 Å². The van der Waals surface area contributed by atoms with Gasteiger partial charge in [-0.25, -0.2) is 0 Å². The minimum atomic E-state index is 0.138. The van der Waals surface area contributed by atoms with Gasteiger partial charge in [0.1, 0.15) is 0 Å². The first-order chi connectivity index (χ1) is 9.15. The minimum Gasteiger partial charge on any atom is -0.352 e. The van der Waals surface area contributed by atoms with Gasteiger partial charge in [-0.15, -0.1) is 11.8 Å². The molecule has 1 aromatic rings. The maximum Gasteiger partial charge on any atom is 0.230 e. The van der Waals surface area contributed by atoms with Crippen molar-refractivity contribution < 1.29 is 4.79 Å². The summed E-state index contributed by atoms with van der Waals surface area (Å²) in [5.41, 5.74) is 0. The zero-order valence-corrected chi connectivity index (χ0v) is 12.8. The maximum atomic E-state index is 11.9. The number of carbonyl (C=O) groups is 1. The van der Waals surface area contributed by atoms with Crippen LogP contribution in [-0.2, 0) is 4.79 Å². The minimum absolute atomic E-state index is 0.138. The van der Waals surface area contributed by atoms with Crippen LogP contribution >= 0.6 is 23.4 Å². The molecule has 0 saturated heterocycles. The van der Waals surface area contributed by atoms with Gasteiger partial charge in [0, 0.05) is 16.0 Å². The zero-order valence-electron chi connectivity index (χ0n) is 11.2. The molecule has 4 heteroatoms. The van der Waals surface area contributed by atoms with E-state index >= 15 is 0 Å². The van der Waals surface area contributed by atoms with Gasteiger partial charge in [-0.05, 0) is 43.0 Å². The Balaban J connectivity index is 1.76. The van der Waals surface area contributed by atoms with E-state index < -0.39 is 0 Å². The lowest BCUT2D eigenvalue weighted by molar-refractivity contribution is -0.119. The maximum absolute atomic E-state index is 11.9. The number of rotatable bonds is 4. The smallest absolute Gasteiger partial charge is 0.230 e. The Hall–Kier alpha value is -0.670. The van der Waals surface area contributed by atoms with Gasteiger partial charge in [0.25, 0.3) is 0 Å². The molecule has 0 aliphatic heterocycles. The Kier molecular flexibility index (Phi) is 5.59. The molecule has 0 radical (unpaired) electrons. The second kappa shape index (κ2) is 7.20. The third-order valence-electron chi connectivity index (χ3n) is 3.64. The van der Waals surface area contributed by atoms with Gasteiger partial charge in [-0.2, -0.15) is 0 Å². The lowest BCUT2D eigenvalue weighted by Crippen LogP contribution is -2.41. The van der Waals surface area contributed by atoms with Gasteiger partial charge in [0.05, 0.1) is 5.75 Å². The molecule has 1 saturated carbocycles. The van der Waals surface area contributed by atoms with E-state index in [4.69, 9.17) is 11.6 Å². The molecular weight excluding hydrogens is 278 g/mol. The number of hydrogen-bond acceptors (Lipinski definition) is 2. The molecule has 1 aliphatic rings. The second-order valence-corrected chi connectivity index (χ2v) is 6.66. The van der Waals surface area contributed by atoms with E-state index in [9.17, 15) is 4.79 Å². The molecule has 1 aromatic carbocycles. The Morgan fingerprint density at radius 3 is 2.68 bits per heavy atom. The van der Waals surface area contributed by atoms with Crippen molar-refractivity contribution >= 4 is 29.3 Å². The molecule has 0 heterocycles. The first kappa shape index (κ1) is 14.7. The summed E-state index contributed by atoms with van der Waals surface area (Å²) in [7, 11) is 0. The molecule has 104 valence electrons. The molecule has 2 atom stereocenters. The lowest BCUT2D eigenvalue weighted by atomic mass is 9.86. The van der Waals surface area contributed by atoms with Gasteiger partial charge in [-0.1, -0.05) is 31.4 Å². The van der Waals surface area contributed by atoms with Crippen molar-refractivity contribution in [1.29, 1.82) is 0 Å². The molecular formula is C15H20ClNOS. The van der Waals surface area contributed by atoms with Crippen molar-refractivity contribution in [2.45, 2.75) is 43.5 Å². The van der Waals surface area contributed by atoms with E-state index in [1.165, 1.54) is 19.3 Å². The lowest BCUT2D eigenvalue weighted by Gasteiger charge is -2.29. The standard InChI is InChI=1S/C15H20ClNOS/c1-11-4-2-3-5-14(11)17-15(18)10-19-13-8-6-12(16)7-9-13/h6-9,11,14H,2-5,10H2,1H3,(H,17,18)/t11-,14-/m1/s1. The molecule has 1 fully saturated rings.